The molecule has 0 saturated heterocycles. The predicted molar refractivity (Wildman–Crippen MR) is 131 cm³/mol. The van der Waals surface area contributed by atoms with Gasteiger partial charge in [0, 0.05) is 55.2 Å². The molecule has 33 heavy (non-hydrogen) atoms. The number of pyridine rings is 1. The van der Waals surface area contributed by atoms with Gasteiger partial charge in [-0.25, -0.2) is 15.0 Å². The first-order chi connectivity index (χ1) is 15.9. The summed E-state index contributed by atoms with van der Waals surface area (Å²) in [5.41, 5.74) is 14.9. The summed E-state index contributed by atoms with van der Waals surface area (Å²) in [4.78, 5) is 27.9. The molecule has 1 amide bonds. The lowest BCUT2D eigenvalue weighted by Crippen LogP contribution is -2.21. The van der Waals surface area contributed by atoms with Crippen molar-refractivity contribution in [2.24, 2.45) is 11.5 Å². The number of amides is 1. The van der Waals surface area contributed by atoms with Crippen molar-refractivity contribution in [3.63, 3.8) is 0 Å². The summed E-state index contributed by atoms with van der Waals surface area (Å²) in [5.74, 6) is 0.151. The second-order valence-corrected chi connectivity index (χ2v) is 8.14. The first-order valence-electron chi connectivity index (χ1n) is 10.7. The second kappa shape index (κ2) is 9.12. The molecule has 3 aromatic heterocycles. The summed E-state index contributed by atoms with van der Waals surface area (Å²) >= 11 is 0. The molecule has 0 radical (unpaired) electrons. The van der Waals surface area contributed by atoms with E-state index in [0.717, 1.165) is 28.4 Å². The van der Waals surface area contributed by atoms with Crippen molar-refractivity contribution in [3.8, 4) is 11.3 Å². The summed E-state index contributed by atoms with van der Waals surface area (Å²) in [7, 11) is 1.94. The van der Waals surface area contributed by atoms with Crippen molar-refractivity contribution >= 4 is 28.3 Å². The van der Waals surface area contributed by atoms with E-state index in [4.69, 9.17) is 11.5 Å². The number of rotatable bonds is 7. The fourth-order valence-electron chi connectivity index (χ4n) is 3.77. The van der Waals surface area contributed by atoms with Gasteiger partial charge in [0.25, 0.3) is 5.91 Å². The Kier molecular flexibility index (Phi) is 6.08. The number of nitrogens with two attached hydrogens (primary N) is 2. The summed E-state index contributed by atoms with van der Waals surface area (Å²) in [6.07, 6.45) is 4.96. The largest absolute Gasteiger partial charge is 0.404 e. The van der Waals surface area contributed by atoms with Gasteiger partial charge in [-0.05, 0) is 31.5 Å². The maximum Gasteiger partial charge on any atom is 0.254 e. The summed E-state index contributed by atoms with van der Waals surface area (Å²) in [6.45, 7) is 4.83. The van der Waals surface area contributed by atoms with Gasteiger partial charge in [-0.3, -0.25) is 4.79 Å². The molecule has 8 nitrogen and oxygen atoms in total. The van der Waals surface area contributed by atoms with Crippen molar-refractivity contribution in [1.29, 1.82) is 0 Å². The molecule has 0 saturated carbocycles. The third kappa shape index (κ3) is 4.41. The number of carbonyl (C=O) groups excluding carboxylic acids is 1. The molecule has 0 fully saturated rings. The van der Waals surface area contributed by atoms with E-state index in [1.807, 2.05) is 54.5 Å². The van der Waals surface area contributed by atoms with Crippen LogP contribution in [0.25, 0.3) is 27.9 Å². The SMILES string of the molecule is CC(C)n1cc(-c2cc(N(C)Cc3ccccc3)nc(C(=CN)C(N)=O)n2)c2cccnc21. The minimum atomic E-state index is -0.683. The van der Waals surface area contributed by atoms with Crippen LogP contribution >= 0.6 is 0 Å². The molecule has 1 aromatic carbocycles. The molecule has 3 heterocycles. The van der Waals surface area contributed by atoms with Crippen LogP contribution in [0.5, 0.6) is 0 Å². The number of anilines is 1. The van der Waals surface area contributed by atoms with Gasteiger partial charge >= 0.3 is 0 Å². The van der Waals surface area contributed by atoms with Crippen molar-refractivity contribution in [1.82, 2.24) is 19.5 Å². The van der Waals surface area contributed by atoms with E-state index >= 15 is 0 Å². The molecule has 4 rings (SSSR count). The normalized spacial score (nSPS) is 11.8. The molecule has 0 unspecified atom stereocenters. The van der Waals surface area contributed by atoms with Gasteiger partial charge < -0.3 is 20.9 Å². The molecule has 4 aromatic rings. The topological polar surface area (TPSA) is 116 Å². The number of nitrogens with zero attached hydrogens (tertiary/aromatic N) is 5. The molecule has 168 valence electrons. The molecular weight excluding hydrogens is 414 g/mol. The predicted octanol–water partition coefficient (Wildman–Crippen LogP) is 3.50. The Morgan fingerprint density at radius 2 is 1.91 bits per heavy atom. The Balaban J connectivity index is 1.89. The van der Waals surface area contributed by atoms with E-state index in [1.165, 1.54) is 0 Å². The highest BCUT2D eigenvalue weighted by atomic mass is 16.1. The number of hydrogen-bond acceptors (Lipinski definition) is 6. The van der Waals surface area contributed by atoms with Gasteiger partial charge in [0.15, 0.2) is 5.82 Å². The van der Waals surface area contributed by atoms with Crippen LogP contribution in [0, 0.1) is 0 Å². The number of carbonyl (C=O) groups is 1. The van der Waals surface area contributed by atoms with E-state index in [9.17, 15) is 4.79 Å². The van der Waals surface area contributed by atoms with Crippen molar-refractivity contribution < 1.29 is 4.79 Å². The minimum absolute atomic E-state index is 0.0666. The van der Waals surface area contributed by atoms with Crippen LogP contribution in [0.4, 0.5) is 5.82 Å². The third-order valence-electron chi connectivity index (χ3n) is 5.46. The van der Waals surface area contributed by atoms with Crippen LogP contribution in [0.1, 0.15) is 31.3 Å². The number of hydrogen-bond donors (Lipinski definition) is 2. The standard InChI is InChI=1S/C25H27N7O/c1-16(2)32-15-20(18-10-7-11-28-25(18)32)21-12-22(30-24(29-21)19(13-26)23(27)33)31(3)14-17-8-5-4-6-9-17/h4-13,15-16H,14,26H2,1-3H3,(H2,27,33). The average Bonchev–Trinajstić information content (AvgIpc) is 3.20. The summed E-state index contributed by atoms with van der Waals surface area (Å²) in [6, 6.07) is 16.1. The summed E-state index contributed by atoms with van der Waals surface area (Å²) < 4.78 is 2.10. The highest BCUT2D eigenvalue weighted by Crippen LogP contribution is 2.32. The molecule has 0 atom stereocenters. The minimum Gasteiger partial charge on any atom is -0.404 e. The van der Waals surface area contributed by atoms with E-state index < -0.39 is 5.91 Å². The van der Waals surface area contributed by atoms with Gasteiger partial charge in [0.2, 0.25) is 0 Å². The first-order valence-corrected chi connectivity index (χ1v) is 10.7. The number of primary amides is 1. The molecule has 4 N–H and O–H groups in total. The Morgan fingerprint density at radius 3 is 2.58 bits per heavy atom. The zero-order valence-corrected chi connectivity index (χ0v) is 18.9. The van der Waals surface area contributed by atoms with Crippen molar-refractivity contribution in [2.75, 3.05) is 11.9 Å². The maximum absolute atomic E-state index is 12.0. The van der Waals surface area contributed by atoms with Crippen LogP contribution in [-0.2, 0) is 11.3 Å². The van der Waals surface area contributed by atoms with E-state index in [1.54, 1.807) is 6.20 Å². The van der Waals surface area contributed by atoms with Crippen LogP contribution in [0.3, 0.4) is 0 Å². The number of benzene rings is 1. The average molecular weight is 442 g/mol. The van der Waals surface area contributed by atoms with E-state index in [0.29, 0.717) is 18.1 Å². The zero-order chi connectivity index (χ0) is 23.5. The van der Waals surface area contributed by atoms with Crippen LogP contribution in [0.15, 0.2) is 67.1 Å². The fraction of sp³-hybridized carbons (Fsp3) is 0.200. The third-order valence-corrected chi connectivity index (χ3v) is 5.46. The molecular formula is C25H27N7O. The molecule has 0 spiro atoms. The van der Waals surface area contributed by atoms with E-state index in [-0.39, 0.29) is 17.4 Å². The zero-order valence-electron chi connectivity index (χ0n) is 18.9. The van der Waals surface area contributed by atoms with E-state index in [2.05, 4.69) is 45.5 Å². The van der Waals surface area contributed by atoms with Crippen LogP contribution in [-0.4, -0.2) is 32.5 Å². The Hall–Kier alpha value is -4.20. The lowest BCUT2D eigenvalue weighted by atomic mass is 10.1. The molecule has 0 aliphatic heterocycles. The van der Waals surface area contributed by atoms with Gasteiger partial charge in [-0.1, -0.05) is 30.3 Å². The first kappa shape index (κ1) is 22.0. The second-order valence-electron chi connectivity index (χ2n) is 8.14. The lowest BCUT2D eigenvalue weighted by molar-refractivity contribution is -0.112. The van der Waals surface area contributed by atoms with Gasteiger partial charge in [-0.2, -0.15) is 0 Å². The summed E-state index contributed by atoms with van der Waals surface area (Å²) in [5, 5.41) is 0.963. The Bertz CT molecular complexity index is 1330. The Morgan fingerprint density at radius 1 is 1.15 bits per heavy atom. The lowest BCUT2D eigenvalue weighted by Gasteiger charge is -2.20. The van der Waals surface area contributed by atoms with Crippen molar-refractivity contribution in [3.05, 3.63) is 78.5 Å². The Labute approximate surface area is 192 Å². The molecule has 8 heteroatoms. The molecule has 0 bridgehead atoms. The number of fused-ring (bicyclic) bond motifs is 1. The van der Waals surface area contributed by atoms with Gasteiger partial charge in [-0.15, -0.1) is 0 Å². The van der Waals surface area contributed by atoms with Crippen LogP contribution in [0.2, 0.25) is 0 Å². The fourth-order valence-corrected chi connectivity index (χ4v) is 3.77. The van der Waals surface area contributed by atoms with Crippen LogP contribution < -0.4 is 16.4 Å². The molecule has 0 aliphatic rings. The van der Waals surface area contributed by atoms with Gasteiger partial charge in [0.05, 0.1) is 11.3 Å². The maximum atomic E-state index is 12.0. The van der Waals surface area contributed by atoms with Crippen molar-refractivity contribution in [2.45, 2.75) is 26.4 Å². The monoisotopic (exact) mass is 441 g/mol. The molecule has 0 aliphatic carbocycles. The highest BCUT2D eigenvalue weighted by Gasteiger charge is 2.20. The van der Waals surface area contributed by atoms with Gasteiger partial charge in [0.1, 0.15) is 11.5 Å². The number of aromatic nitrogens is 4. The highest BCUT2D eigenvalue weighted by molar-refractivity contribution is 6.17. The smallest absolute Gasteiger partial charge is 0.254 e. The quantitative estimate of drug-likeness (QED) is 0.424.